The lowest BCUT2D eigenvalue weighted by Gasteiger charge is -2.10. The van der Waals surface area contributed by atoms with Gasteiger partial charge in [-0.3, -0.25) is 4.79 Å². The third kappa shape index (κ3) is 3.62. The molecule has 0 aromatic heterocycles. The lowest BCUT2D eigenvalue weighted by molar-refractivity contribution is -0.147. The van der Waals surface area contributed by atoms with Crippen LogP contribution in [0.15, 0.2) is 24.3 Å². The maximum absolute atomic E-state index is 11.3. The molecule has 3 nitrogen and oxygen atoms in total. The SMILES string of the molecule is CCOC(=O)C(C)Cc1cccc(O)c1. The van der Waals surface area contributed by atoms with E-state index in [4.69, 9.17) is 4.74 Å². The largest absolute Gasteiger partial charge is 0.508 e. The van der Waals surface area contributed by atoms with Gasteiger partial charge >= 0.3 is 5.97 Å². The second-order valence-corrected chi connectivity index (χ2v) is 3.53. The molecule has 3 heteroatoms. The highest BCUT2D eigenvalue weighted by Crippen LogP contribution is 2.15. The molecule has 1 atom stereocenters. The number of benzene rings is 1. The lowest BCUT2D eigenvalue weighted by Crippen LogP contribution is -2.16. The van der Waals surface area contributed by atoms with Crippen LogP contribution in [0.1, 0.15) is 19.4 Å². The van der Waals surface area contributed by atoms with Crippen LogP contribution in [-0.4, -0.2) is 17.7 Å². The number of phenolic OH excluding ortho intramolecular Hbond substituents is 1. The minimum absolute atomic E-state index is 0.174. The standard InChI is InChI=1S/C12H16O3/c1-3-15-12(14)9(2)7-10-5-4-6-11(13)8-10/h4-6,8-9,13H,3,7H2,1-2H3. The van der Waals surface area contributed by atoms with Crippen molar-refractivity contribution in [2.75, 3.05) is 6.61 Å². The Morgan fingerprint density at radius 2 is 2.27 bits per heavy atom. The molecule has 0 saturated carbocycles. The Bertz CT molecular complexity index is 333. The molecule has 0 amide bonds. The lowest BCUT2D eigenvalue weighted by atomic mass is 10.0. The van der Waals surface area contributed by atoms with E-state index in [1.165, 1.54) is 0 Å². The number of rotatable bonds is 4. The van der Waals surface area contributed by atoms with E-state index < -0.39 is 0 Å². The summed E-state index contributed by atoms with van der Waals surface area (Å²) in [4.78, 5) is 11.3. The third-order valence-electron chi connectivity index (χ3n) is 2.14. The Morgan fingerprint density at radius 1 is 1.53 bits per heavy atom. The fourth-order valence-corrected chi connectivity index (χ4v) is 1.40. The van der Waals surface area contributed by atoms with Gasteiger partial charge in [-0.1, -0.05) is 19.1 Å². The Labute approximate surface area is 89.7 Å². The number of phenols is 1. The van der Waals surface area contributed by atoms with Gasteiger partial charge in [0.25, 0.3) is 0 Å². The Balaban J connectivity index is 2.58. The summed E-state index contributed by atoms with van der Waals surface area (Å²) in [5.74, 6) is -0.142. The predicted molar refractivity (Wildman–Crippen MR) is 57.6 cm³/mol. The number of hydrogen-bond donors (Lipinski definition) is 1. The van der Waals surface area contributed by atoms with Gasteiger partial charge in [0.05, 0.1) is 12.5 Å². The highest BCUT2D eigenvalue weighted by atomic mass is 16.5. The van der Waals surface area contributed by atoms with E-state index in [1.807, 2.05) is 13.0 Å². The molecule has 0 radical (unpaired) electrons. The number of esters is 1. The molecule has 1 aromatic rings. The summed E-state index contributed by atoms with van der Waals surface area (Å²) in [5.41, 5.74) is 0.940. The highest BCUT2D eigenvalue weighted by molar-refractivity contribution is 5.72. The summed E-state index contributed by atoms with van der Waals surface area (Å²) in [6.45, 7) is 4.02. The molecule has 82 valence electrons. The van der Waals surface area contributed by atoms with Crippen LogP contribution in [0.25, 0.3) is 0 Å². The average Bonchev–Trinajstić information content (AvgIpc) is 2.18. The van der Waals surface area contributed by atoms with Crippen molar-refractivity contribution in [3.05, 3.63) is 29.8 Å². The van der Waals surface area contributed by atoms with Crippen molar-refractivity contribution in [3.8, 4) is 5.75 Å². The van der Waals surface area contributed by atoms with Gasteiger partial charge in [-0.25, -0.2) is 0 Å². The molecular formula is C12H16O3. The van der Waals surface area contributed by atoms with E-state index in [0.717, 1.165) is 5.56 Å². The Kier molecular flexibility index (Phi) is 4.16. The molecule has 1 N–H and O–H groups in total. The van der Waals surface area contributed by atoms with Gasteiger partial charge in [-0.15, -0.1) is 0 Å². The Morgan fingerprint density at radius 3 is 2.87 bits per heavy atom. The van der Waals surface area contributed by atoms with Crippen LogP contribution in [0.4, 0.5) is 0 Å². The van der Waals surface area contributed by atoms with E-state index in [1.54, 1.807) is 25.1 Å². The summed E-state index contributed by atoms with van der Waals surface area (Å²) in [7, 11) is 0. The molecule has 0 bridgehead atoms. The van der Waals surface area contributed by atoms with Crippen molar-refractivity contribution in [2.24, 2.45) is 5.92 Å². The molecule has 1 unspecified atom stereocenters. The summed E-state index contributed by atoms with van der Waals surface area (Å²) >= 11 is 0. The van der Waals surface area contributed by atoms with Crippen LogP contribution < -0.4 is 0 Å². The quantitative estimate of drug-likeness (QED) is 0.771. The van der Waals surface area contributed by atoms with Crippen molar-refractivity contribution < 1.29 is 14.6 Å². The highest BCUT2D eigenvalue weighted by Gasteiger charge is 2.14. The van der Waals surface area contributed by atoms with E-state index in [2.05, 4.69) is 0 Å². The zero-order valence-electron chi connectivity index (χ0n) is 9.06. The first-order valence-electron chi connectivity index (χ1n) is 5.08. The fraction of sp³-hybridized carbons (Fsp3) is 0.417. The molecule has 0 aliphatic carbocycles. The number of carbonyl (C=O) groups is 1. The van der Waals surface area contributed by atoms with Crippen LogP contribution in [0, 0.1) is 5.92 Å². The van der Waals surface area contributed by atoms with Crippen LogP contribution in [0.5, 0.6) is 5.75 Å². The summed E-state index contributed by atoms with van der Waals surface area (Å²) in [5, 5.41) is 9.25. The van der Waals surface area contributed by atoms with Gasteiger partial charge < -0.3 is 9.84 Å². The zero-order chi connectivity index (χ0) is 11.3. The molecule has 0 aliphatic rings. The maximum Gasteiger partial charge on any atom is 0.308 e. The smallest absolute Gasteiger partial charge is 0.308 e. The van der Waals surface area contributed by atoms with Crippen molar-refractivity contribution in [3.63, 3.8) is 0 Å². The average molecular weight is 208 g/mol. The molecule has 0 heterocycles. The zero-order valence-corrected chi connectivity index (χ0v) is 9.06. The van der Waals surface area contributed by atoms with Gasteiger partial charge in [-0.05, 0) is 31.0 Å². The third-order valence-corrected chi connectivity index (χ3v) is 2.14. The second kappa shape index (κ2) is 5.39. The molecule has 15 heavy (non-hydrogen) atoms. The first kappa shape index (κ1) is 11.6. The van der Waals surface area contributed by atoms with Gasteiger partial charge in [0.15, 0.2) is 0 Å². The number of hydrogen-bond acceptors (Lipinski definition) is 3. The molecule has 0 saturated heterocycles. The minimum Gasteiger partial charge on any atom is -0.508 e. The van der Waals surface area contributed by atoms with E-state index in [-0.39, 0.29) is 17.6 Å². The first-order chi connectivity index (χ1) is 7.13. The van der Waals surface area contributed by atoms with Crippen molar-refractivity contribution in [2.45, 2.75) is 20.3 Å². The van der Waals surface area contributed by atoms with Crippen LogP contribution in [0.3, 0.4) is 0 Å². The second-order valence-electron chi connectivity index (χ2n) is 3.53. The minimum atomic E-state index is -0.194. The van der Waals surface area contributed by atoms with E-state index in [9.17, 15) is 9.90 Å². The van der Waals surface area contributed by atoms with Crippen LogP contribution in [0.2, 0.25) is 0 Å². The molecule has 1 aromatic carbocycles. The van der Waals surface area contributed by atoms with Crippen LogP contribution >= 0.6 is 0 Å². The number of ether oxygens (including phenoxy) is 1. The van der Waals surface area contributed by atoms with Crippen molar-refractivity contribution in [1.82, 2.24) is 0 Å². The first-order valence-corrected chi connectivity index (χ1v) is 5.08. The number of aromatic hydroxyl groups is 1. The van der Waals surface area contributed by atoms with Gasteiger partial charge in [0, 0.05) is 0 Å². The molecular weight excluding hydrogens is 192 g/mol. The van der Waals surface area contributed by atoms with Crippen LogP contribution in [-0.2, 0) is 16.0 Å². The van der Waals surface area contributed by atoms with Crippen molar-refractivity contribution >= 4 is 5.97 Å². The van der Waals surface area contributed by atoms with E-state index in [0.29, 0.717) is 13.0 Å². The monoisotopic (exact) mass is 208 g/mol. The van der Waals surface area contributed by atoms with Gasteiger partial charge in [0.2, 0.25) is 0 Å². The summed E-state index contributed by atoms with van der Waals surface area (Å²) < 4.78 is 4.90. The maximum atomic E-state index is 11.3. The molecule has 0 spiro atoms. The number of carbonyl (C=O) groups excluding carboxylic acids is 1. The van der Waals surface area contributed by atoms with Gasteiger partial charge in [-0.2, -0.15) is 0 Å². The summed E-state index contributed by atoms with van der Waals surface area (Å²) in [6.07, 6.45) is 0.591. The van der Waals surface area contributed by atoms with E-state index >= 15 is 0 Å². The molecule has 1 rings (SSSR count). The molecule has 0 fully saturated rings. The Hall–Kier alpha value is -1.51. The fourth-order valence-electron chi connectivity index (χ4n) is 1.40. The van der Waals surface area contributed by atoms with Crippen molar-refractivity contribution in [1.29, 1.82) is 0 Å². The predicted octanol–water partition coefficient (Wildman–Crippen LogP) is 2.13. The van der Waals surface area contributed by atoms with Gasteiger partial charge in [0.1, 0.15) is 5.75 Å². The topological polar surface area (TPSA) is 46.5 Å². The molecule has 0 aliphatic heterocycles. The summed E-state index contributed by atoms with van der Waals surface area (Å²) in [6, 6.07) is 6.92. The normalized spacial score (nSPS) is 12.1.